The third-order valence-electron chi connectivity index (χ3n) is 1.96. The van der Waals surface area contributed by atoms with Crippen molar-refractivity contribution in [3.05, 3.63) is 48.0 Å². The van der Waals surface area contributed by atoms with Crippen LogP contribution in [0.4, 0.5) is 13.2 Å². The van der Waals surface area contributed by atoms with Crippen molar-refractivity contribution in [3.63, 3.8) is 0 Å². The molecule has 0 saturated heterocycles. The Morgan fingerprint density at radius 1 is 1.33 bits per heavy atom. The van der Waals surface area contributed by atoms with Crippen molar-refractivity contribution in [1.82, 2.24) is 0 Å². The van der Waals surface area contributed by atoms with E-state index in [0.717, 1.165) is 12.1 Å². The van der Waals surface area contributed by atoms with Crippen LogP contribution in [0.25, 0.3) is 11.5 Å². The maximum atomic E-state index is 12.6. The molecule has 1 rings (SSSR count). The summed E-state index contributed by atoms with van der Waals surface area (Å²) in [6.07, 6.45) is -3.27. The van der Waals surface area contributed by atoms with Gasteiger partial charge in [-0.15, -0.1) is 6.58 Å². The molecule has 0 aliphatic rings. The van der Waals surface area contributed by atoms with Crippen molar-refractivity contribution in [1.29, 1.82) is 0 Å². The highest BCUT2D eigenvalue weighted by atomic mass is 19.4. The standard InChI is InChI=1S/C11H8BF3/c1-3-8-9(7(2)12)5-4-6-10(8)11(13,14)15/h3-6H,1-2H2. The molecule has 0 N–H and O–H groups in total. The van der Waals surface area contributed by atoms with Crippen LogP contribution in [-0.2, 0) is 6.18 Å². The smallest absolute Gasteiger partial charge is 0.166 e. The quantitative estimate of drug-likeness (QED) is 0.652. The zero-order valence-electron chi connectivity index (χ0n) is 7.93. The molecular formula is C11H8BF3. The zero-order valence-corrected chi connectivity index (χ0v) is 7.93. The molecule has 0 fully saturated rings. The molecule has 0 heterocycles. The van der Waals surface area contributed by atoms with Crippen LogP contribution in [0.2, 0.25) is 0 Å². The van der Waals surface area contributed by atoms with Gasteiger partial charge in [-0.1, -0.05) is 30.3 Å². The predicted molar refractivity (Wildman–Crippen MR) is 56.3 cm³/mol. The molecular weight excluding hydrogens is 200 g/mol. The van der Waals surface area contributed by atoms with E-state index < -0.39 is 11.7 Å². The Bertz CT molecular complexity index is 405. The van der Waals surface area contributed by atoms with Crippen LogP contribution in [0.5, 0.6) is 0 Å². The van der Waals surface area contributed by atoms with Crippen molar-refractivity contribution < 1.29 is 13.2 Å². The molecule has 0 aliphatic carbocycles. The van der Waals surface area contributed by atoms with Gasteiger partial charge in [-0.05, 0) is 17.2 Å². The molecule has 0 atom stereocenters. The second-order valence-corrected chi connectivity index (χ2v) is 2.99. The summed E-state index contributed by atoms with van der Waals surface area (Å²) in [5, 5.41) is 0. The summed E-state index contributed by atoms with van der Waals surface area (Å²) >= 11 is 0. The van der Waals surface area contributed by atoms with E-state index >= 15 is 0 Å². The molecule has 0 unspecified atom stereocenters. The third kappa shape index (κ3) is 2.32. The van der Waals surface area contributed by atoms with E-state index in [4.69, 9.17) is 7.85 Å². The second kappa shape index (κ2) is 3.97. The van der Waals surface area contributed by atoms with Crippen molar-refractivity contribution in [2.75, 3.05) is 0 Å². The summed E-state index contributed by atoms with van der Waals surface area (Å²) in [5.41, 5.74) is -0.421. The zero-order chi connectivity index (χ0) is 11.6. The van der Waals surface area contributed by atoms with Gasteiger partial charge in [-0.25, -0.2) is 0 Å². The highest BCUT2D eigenvalue weighted by molar-refractivity contribution is 6.42. The third-order valence-corrected chi connectivity index (χ3v) is 1.96. The SMILES string of the molecule is [B]C(=C)c1cccc(C(F)(F)F)c1C=C. The van der Waals surface area contributed by atoms with Gasteiger partial charge in [0.25, 0.3) is 0 Å². The fourth-order valence-corrected chi connectivity index (χ4v) is 1.31. The van der Waals surface area contributed by atoms with Gasteiger partial charge in [0.15, 0.2) is 0 Å². The number of halogens is 3. The van der Waals surface area contributed by atoms with Crippen LogP contribution < -0.4 is 0 Å². The topological polar surface area (TPSA) is 0 Å². The maximum absolute atomic E-state index is 12.6. The van der Waals surface area contributed by atoms with Gasteiger partial charge in [0.05, 0.1) is 5.56 Å². The number of rotatable bonds is 2. The Kier molecular flexibility index (Phi) is 3.08. The predicted octanol–water partition coefficient (Wildman–Crippen LogP) is 3.49. The molecule has 0 saturated carbocycles. The monoisotopic (exact) mass is 208 g/mol. The van der Waals surface area contributed by atoms with Crippen molar-refractivity contribution >= 4 is 19.4 Å². The molecule has 2 radical (unpaired) electrons. The van der Waals surface area contributed by atoms with Crippen molar-refractivity contribution in [3.8, 4) is 0 Å². The molecule has 0 spiro atoms. The Morgan fingerprint density at radius 3 is 2.33 bits per heavy atom. The van der Waals surface area contributed by atoms with Gasteiger partial charge >= 0.3 is 6.18 Å². The lowest BCUT2D eigenvalue weighted by Gasteiger charge is -2.14. The summed E-state index contributed by atoms with van der Waals surface area (Å²) < 4.78 is 37.7. The van der Waals surface area contributed by atoms with E-state index in [-0.39, 0.29) is 16.6 Å². The first-order valence-electron chi connectivity index (χ1n) is 4.15. The highest BCUT2D eigenvalue weighted by Gasteiger charge is 2.33. The van der Waals surface area contributed by atoms with Crippen LogP contribution in [0.1, 0.15) is 16.7 Å². The van der Waals surface area contributed by atoms with E-state index in [0.29, 0.717) is 0 Å². The first kappa shape index (κ1) is 11.6. The molecule has 0 nitrogen and oxygen atoms in total. The lowest BCUT2D eigenvalue weighted by molar-refractivity contribution is -0.137. The van der Waals surface area contributed by atoms with Gasteiger partial charge in [0.2, 0.25) is 0 Å². The summed E-state index contributed by atoms with van der Waals surface area (Å²) in [6, 6.07) is 3.77. The Hall–Kier alpha value is -1.45. The average molecular weight is 208 g/mol. The fraction of sp³-hybridized carbons (Fsp3) is 0.0909. The molecule has 1 aromatic carbocycles. The average Bonchev–Trinajstić information content (AvgIpc) is 2.15. The van der Waals surface area contributed by atoms with Gasteiger partial charge in [-0.3, -0.25) is 0 Å². The van der Waals surface area contributed by atoms with Gasteiger partial charge in [0, 0.05) is 0 Å². The van der Waals surface area contributed by atoms with E-state index in [1.165, 1.54) is 12.1 Å². The van der Waals surface area contributed by atoms with E-state index in [9.17, 15) is 13.2 Å². The van der Waals surface area contributed by atoms with Crippen LogP contribution >= 0.6 is 0 Å². The summed E-state index contributed by atoms with van der Waals surface area (Å²) in [7, 11) is 5.39. The lowest BCUT2D eigenvalue weighted by atomic mass is 9.85. The Labute approximate surface area is 87.5 Å². The van der Waals surface area contributed by atoms with E-state index in [1.54, 1.807) is 0 Å². The Balaban J connectivity index is 3.48. The largest absolute Gasteiger partial charge is 0.417 e. The molecule has 0 amide bonds. The van der Waals surface area contributed by atoms with Crippen LogP contribution in [0, 0.1) is 0 Å². The lowest BCUT2D eigenvalue weighted by Crippen LogP contribution is -2.08. The number of alkyl halides is 3. The highest BCUT2D eigenvalue weighted by Crippen LogP contribution is 2.35. The molecule has 15 heavy (non-hydrogen) atoms. The van der Waals surface area contributed by atoms with Crippen LogP contribution in [0.3, 0.4) is 0 Å². The van der Waals surface area contributed by atoms with Gasteiger partial charge in [-0.2, -0.15) is 13.2 Å². The second-order valence-electron chi connectivity index (χ2n) is 2.99. The summed E-state index contributed by atoms with van der Waals surface area (Å²) in [4.78, 5) is 0. The minimum Gasteiger partial charge on any atom is -0.166 e. The Morgan fingerprint density at radius 2 is 1.93 bits per heavy atom. The first-order chi connectivity index (χ1) is 6.88. The van der Waals surface area contributed by atoms with Crippen molar-refractivity contribution in [2.24, 2.45) is 0 Å². The van der Waals surface area contributed by atoms with Crippen molar-refractivity contribution in [2.45, 2.75) is 6.18 Å². The van der Waals surface area contributed by atoms with Crippen LogP contribution in [-0.4, -0.2) is 7.85 Å². The van der Waals surface area contributed by atoms with Gasteiger partial charge < -0.3 is 0 Å². The van der Waals surface area contributed by atoms with E-state index in [2.05, 4.69) is 13.2 Å². The summed E-state index contributed by atoms with van der Waals surface area (Å²) in [5.74, 6) is 0. The minimum absolute atomic E-state index is 0.0301. The van der Waals surface area contributed by atoms with Gasteiger partial charge in [0.1, 0.15) is 7.85 Å². The summed E-state index contributed by atoms with van der Waals surface area (Å²) in [6.45, 7) is 6.77. The molecule has 4 heteroatoms. The normalized spacial score (nSPS) is 11.1. The minimum atomic E-state index is -4.41. The number of hydrogen-bond donors (Lipinski definition) is 0. The molecule has 0 bridgehead atoms. The molecule has 76 valence electrons. The molecule has 0 aromatic heterocycles. The molecule has 1 aromatic rings. The number of hydrogen-bond acceptors (Lipinski definition) is 0. The van der Waals surface area contributed by atoms with E-state index in [1.807, 2.05) is 0 Å². The number of benzene rings is 1. The molecule has 0 aliphatic heterocycles. The van der Waals surface area contributed by atoms with Crippen LogP contribution in [0.15, 0.2) is 31.4 Å². The first-order valence-corrected chi connectivity index (χ1v) is 4.15. The maximum Gasteiger partial charge on any atom is 0.417 e. The fourth-order valence-electron chi connectivity index (χ4n) is 1.31.